The summed E-state index contributed by atoms with van der Waals surface area (Å²) < 4.78 is 39.0. The predicted octanol–water partition coefficient (Wildman–Crippen LogP) is 7.17. The second-order valence-corrected chi connectivity index (χ2v) is 8.65. The standard InChI is InChI=1S/C27H17ClF3N5O2/c28-22-7-6-18(27(29,30)31)11-23(22)36-26(38)35-19-5-1-3-15(9-19)24(37)21-14-34-25-20(21)10-17(13-33-25)16-4-2-8-32-12-16/h1-14H,(H,33,34)(H2,35,36,38). The third-order valence-electron chi connectivity index (χ3n) is 5.70. The van der Waals surface area contributed by atoms with Crippen LogP contribution >= 0.6 is 11.6 Å². The largest absolute Gasteiger partial charge is 0.416 e. The molecule has 0 aliphatic carbocycles. The summed E-state index contributed by atoms with van der Waals surface area (Å²) in [4.78, 5) is 37.4. The normalized spacial score (nSPS) is 11.4. The number of pyridine rings is 2. The monoisotopic (exact) mass is 535 g/mol. The van der Waals surface area contributed by atoms with Gasteiger partial charge < -0.3 is 15.6 Å². The molecule has 0 saturated heterocycles. The van der Waals surface area contributed by atoms with Gasteiger partial charge in [0.05, 0.1) is 16.3 Å². The van der Waals surface area contributed by atoms with E-state index in [9.17, 15) is 22.8 Å². The van der Waals surface area contributed by atoms with Crippen molar-refractivity contribution >= 4 is 45.8 Å². The third kappa shape index (κ3) is 5.21. The number of H-pyrrole nitrogens is 1. The van der Waals surface area contributed by atoms with Crippen molar-refractivity contribution in [3.63, 3.8) is 0 Å². The van der Waals surface area contributed by atoms with E-state index in [1.54, 1.807) is 49.1 Å². The lowest BCUT2D eigenvalue weighted by molar-refractivity contribution is -0.137. The Bertz CT molecular complexity index is 1670. The van der Waals surface area contributed by atoms with Crippen LogP contribution in [0.25, 0.3) is 22.2 Å². The number of aromatic nitrogens is 3. The number of aromatic amines is 1. The third-order valence-corrected chi connectivity index (χ3v) is 6.02. The van der Waals surface area contributed by atoms with Gasteiger partial charge in [-0.3, -0.25) is 9.78 Å². The van der Waals surface area contributed by atoms with Crippen LogP contribution in [-0.4, -0.2) is 26.8 Å². The fourth-order valence-electron chi connectivity index (χ4n) is 3.86. The van der Waals surface area contributed by atoms with E-state index in [0.29, 0.717) is 16.6 Å². The molecule has 5 rings (SSSR count). The number of nitrogens with one attached hydrogen (secondary N) is 3. The van der Waals surface area contributed by atoms with Gasteiger partial charge in [-0.2, -0.15) is 13.2 Å². The molecule has 0 radical (unpaired) electrons. The summed E-state index contributed by atoms with van der Waals surface area (Å²) in [5.41, 5.74) is 1.94. The molecule has 38 heavy (non-hydrogen) atoms. The molecule has 3 aromatic heterocycles. The lowest BCUT2D eigenvalue weighted by atomic mass is 10.0. The molecular formula is C27H17ClF3N5O2. The van der Waals surface area contributed by atoms with E-state index in [-0.39, 0.29) is 27.7 Å². The lowest BCUT2D eigenvalue weighted by Gasteiger charge is -2.12. The number of hydrogen-bond acceptors (Lipinski definition) is 4. The van der Waals surface area contributed by atoms with Crippen LogP contribution in [0.4, 0.5) is 29.3 Å². The van der Waals surface area contributed by atoms with Crippen LogP contribution in [0.1, 0.15) is 21.5 Å². The Morgan fingerprint density at radius 2 is 1.76 bits per heavy atom. The maximum absolute atomic E-state index is 13.4. The minimum atomic E-state index is -4.59. The first-order valence-electron chi connectivity index (χ1n) is 11.2. The predicted molar refractivity (Wildman–Crippen MR) is 138 cm³/mol. The molecule has 0 unspecified atom stereocenters. The second-order valence-electron chi connectivity index (χ2n) is 8.25. The number of fused-ring (bicyclic) bond motifs is 1. The Morgan fingerprint density at radius 3 is 2.53 bits per heavy atom. The molecule has 0 fully saturated rings. The Hall–Kier alpha value is -4.70. The zero-order valence-electron chi connectivity index (χ0n) is 19.3. The van der Waals surface area contributed by atoms with Gasteiger partial charge in [0.15, 0.2) is 5.78 Å². The molecule has 11 heteroatoms. The maximum atomic E-state index is 13.4. The van der Waals surface area contributed by atoms with Crippen LogP contribution < -0.4 is 10.6 Å². The van der Waals surface area contributed by atoms with Crippen LogP contribution in [0.5, 0.6) is 0 Å². The minimum absolute atomic E-state index is 0.0596. The summed E-state index contributed by atoms with van der Waals surface area (Å²) in [7, 11) is 0. The summed E-state index contributed by atoms with van der Waals surface area (Å²) in [6.45, 7) is 0. The molecule has 3 N–H and O–H groups in total. The van der Waals surface area contributed by atoms with Crippen molar-refractivity contribution in [3.8, 4) is 11.1 Å². The van der Waals surface area contributed by atoms with Crippen molar-refractivity contribution in [2.24, 2.45) is 0 Å². The highest BCUT2D eigenvalue weighted by atomic mass is 35.5. The van der Waals surface area contributed by atoms with Crippen molar-refractivity contribution < 1.29 is 22.8 Å². The van der Waals surface area contributed by atoms with Gasteiger partial charge in [0.1, 0.15) is 5.65 Å². The topological polar surface area (TPSA) is 99.8 Å². The van der Waals surface area contributed by atoms with E-state index < -0.39 is 17.8 Å². The Morgan fingerprint density at radius 1 is 0.921 bits per heavy atom. The van der Waals surface area contributed by atoms with E-state index in [0.717, 1.165) is 29.3 Å². The van der Waals surface area contributed by atoms with E-state index in [1.807, 2.05) is 12.1 Å². The average Bonchev–Trinajstić information content (AvgIpc) is 3.33. The summed E-state index contributed by atoms with van der Waals surface area (Å²) >= 11 is 5.95. The number of hydrogen-bond donors (Lipinski definition) is 3. The van der Waals surface area contributed by atoms with Gasteiger partial charge in [-0.25, -0.2) is 9.78 Å². The first-order chi connectivity index (χ1) is 18.2. The van der Waals surface area contributed by atoms with Gasteiger partial charge in [-0.15, -0.1) is 0 Å². The number of amides is 2. The molecule has 0 atom stereocenters. The highest BCUT2D eigenvalue weighted by Gasteiger charge is 2.31. The van der Waals surface area contributed by atoms with Gasteiger partial charge in [-0.1, -0.05) is 29.8 Å². The first kappa shape index (κ1) is 25.0. The van der Waals surface area contributed by atoms with E-state index in [1.165, 1.54) is 6.07 Å². The number of urea groups is 1. The first-order valence-corrected chi connectivity index (χ1v) is 11.5. The number of halogens is 4. The summed E-state index contributed by atoms with van der Waals surface area (Å²) in [6.07, 6.45) is 2.02. The number of carbonyl (C=O) groups is 2. The Kier molecular flexibility index (Phi) is 6.56. The molecule has 7 nitrogen and oxygen atoms in total. The summed E-state index contributed by atoms with van der Waals surface area (Å²) in [5, 5.41) is 5.38. The second kappa shape index (κ2) is 9.98. The molecule has 0 aliphatic rings. The van der Waals surface area contributed by atoms with Crippen LogP contribution in [-0.2, 0) is 6.18 Å². The van der Waals surface area contributed by atoms with E-state index >= 15 is 0 Å². The number of ketones is 1. The fourth-order valence-corrected chi connectivity index (χ4v) is 4.02. The molecule has 190 valence electrons. The molecule has 0 bridgehead atoms. The van der Waals surface area contributed by atoms with Gasteiger partial charge in [-0.05, 0) is 42.5 Å². The van der Waals surface area contributed by atoms with Gasteiger partial charge in [0.25, 0.3) is 0 Å². The summed E-state index contributed by atoms with van der Waals surface area (Å²) in [6, 6.07) is 13.5. The molecule has 0 saturated carbocycles. The zero-order valence-corrected chi connectivity index (χ0v) is 20.1. The average molecular weight is 536 g/mol. The quantitative estimate of drug-likeness (QED) is 0.208. The molecule has 0 aliphatic heterocycles. The molecular weight excluding hydrogens is 519 g/mol. The number of anilines is 2. The fraction of sp³-hybridized carbons (Fsp3) is 0.0370. The molecule has 5 aromatic rings. The number of benzene rings is 2. The van der Waals surface area contributed by atoms with E-state index in [4.69, 9.17) is 11.6 Å². The van der Waals surface area contributed by atoms with Crippen molar-refractivity contribution in [1.82, 2.24) is 15.0 Å². The van der Waals surface area contributed by atoms with Gasteiger partial charge >= 0.3 is 12.2 Å². The van der Waals surface area contributed by atoms with Crippen LogP contribution in [0.3, 0.4) is 0 Å². The van der Waals surface area contributed by atoms with Crippen LogP contribution in [0.15, 0.2) is 85.5 Å². The molecule has 2 aromatic carbocycles. The Labute approximate surface area is 218 Å². The van der Waals surface area contributed by atoms with Crippen molar-refractivity contribution in [2.45, 2.75) is 6.18 Å². The van der Waals surface area contributed by atoms with Gasteiger partial charge in [0.2, 0.25) is 0 Å². The van der Waals surface area contributed by atoms with Crippen LogP contribution in [0.2, 0.25) is 5.02 Å². The number of carbonyl (C=O) groups excluding carboxylic acids is 2. The minimum Gasteiger partial charge on any atom is -0.345 e. The highest BCUT2D eigenvalue weighted by Crippen LogP contribution is 2.34. The highest BCUT2D eigenvalue weighted by molar-refractivity contribution is 6.33. The molecule has 0 spiro atoms. The Balaban J connectivity index is 1.37. The zero-order chi connectivity index (χ0) is 26.9. The number of nitrogens with zero attached hydrogens (tertiary/aromatic N) is 2. The SMILES string of the molecule is O=C(Nc1cccc(C(=O)c2c[nH]c3ncc(-c4cccnc4)cc23)c1)Nc1cc(C(F)(F)F)ccc1Cl. The molecule has 2 amide bonds. The van der Waals surface area contributed by atoms with E-state index in [2.05, 4.69) is 25.6 Å². The number of rotatable bonds is 5. The van der Waals surface area contributed by atoms with Gasteiger partial charge in [0, 0.05) is 58.1 Å². The summed E-state index contributed by atoms with van der Waals surface area (Å²) in [5.74, 6) is -0.314. The number of alkyl halides is 3. The van der Waals surface area contributed by atoms with Crippen LogP contribution in [0, 0.1) is 0 Å². The lowest BCUT2D eigenvalue weighted by Crippen LogP contribution is -2.20. The van der Waals surface area contributed by atoms with Crippen molar-refractivity contribution in [3.05, 3.63) is 107 Å². The van der Waals surface area contributed by atoms with Crippen molar-refractivity contribution in [2.75, 3.05) is 10.6 Å². The molecule has 3 heterocycles. The maximum Gasteiger partial charge on any atom is 0.416 e. The van der Waals surface area contributed by atoms with Crippen molar-refractivity contribution in [1.29, 1.82) is 0 Å². The smallest absolute Gasteiger partial charge is 0.345 e.